The number of carbonyl (C=O) groups excluding carboxylic acids is 1. The highest BCUT2D eigenvalue weighted by Crippen LogP contribution is 2.38. The zero-order valence-electron chi connectivity index (χ0n) is 18.4. The minimum Gasteiger partial charge on any atom is -0.467 e. The number of hydrogen-bond acceptors (Lipinski definition) is 5. The molecule has 3 aromatic rings. The summed E-state index contributed by atoms with van der Waals surface area (Å²) in [6.07, 6.45) is 2.70. The van der Waals surface area contributed by atoms with Crippen molar-refractivity contribution in [3.63, 3.8) is 0 Å². The van der Waals surface area contributed by atoms with Crippen molar-refractivity contribution >= 4 is 33.4 Å². The number of halogens is 1. The zero-order valence-corrected chi connectivity index (χ0v) is 19.9. The Morgan fingerprint density at radius 3 is 2.61 bits per heavy atom. The summed E-state index contributed by atoms with van der Waals surface area (Å²) >= 11 is 3.53. The minimum absolute atomic E-state index is 0.275. The quantitative estimate of drug-likeness (QED) is 0.532. The van der Waals surface area contributed by atoms with Crippen molar-refractivity contribution in [1.82, 2.24) is 9.38 Å². The summed E-state index contributed by atoms with van der Waals surface area (Å²) in [4.78, 5) is 19.4. The van der Waals surface area contributed by atoms with Crippen molar-refractivity contribution in [3.05, 3.63) is 52.1 Å². The summed E-state index contributed by atoms with van der Waals surface area (Å²) in [7, 11) is 1.30. The molecule has 0 saturated carbocycles. The van der Waals surface area contributed by atoms with Gasteiger partial charge in [-0.05, 0) is 48.9 Å². The van der Waals surface area contributed by atoms with Gasteiger partial charge in [0.05, 0.1) is 12.8 Å². The third-order valence-electron chi connectivity index (χ3n) is 6.21. The van der Waals surface area contributed by atoms with Gasteiger partial charge in [0.15, 0.2) is 6.10 Å². The van der Waals surface area contributed by atoms with Crippen LogP contribution in [0, 0.1) is 12.3 Å². The molecule has 1 aliphatic heterocycles. The standard InChI is InChI=1S/C24H28BrN3O3/c1-15-12-19-26-18(16-6-5-7-17(25)13-16)14-28(19)22(20(15)21(29)23(30)31-4)27-10-8-24(2,3)9-11-27/h5-7,12-14,21,29H,8-11H2,1-4H3. The van der Waals surface area contributed by atoms with Gasteiger partial charge in [-0.1, -0.05) is 41.9 Å². The number of fused-ring (bicyclic) bond motifs is 1. The van der Waals surface area contributed by atoms with E-state index < -0.39 is 12.1 Å². The molecule has 7 heteroatoms. The highest BCUT2D eigenvalue weighted by molar-refractivity contribution is 9.10. The van der Waals surface area contributed by atoms with Crippen LogP contribution >= 0.6 is 15.9 Å². The Balaban J connectivity index is 1.91. The van der Waals surface area contributed by atoms with Gasteiger partial charge in [0.2, 0.25) is 0 Å². The number of hydrogen-bond donors (Lipinski definition) is 1. The number of anilines is 1. The first kappa shape index (κ1) is 21.8. The summed E-state index contributed by atoms with van der Waals surface area (Å²) in [5.41, 5.74) is 4.29. The molecule has 6 nitrogen and oxygen atoms in total. The highest BCUT2D eigenvalue weighted by Gasteiger charge is 2.32. The van der Waals surface area contributed by atoms with Crippen LogP contribution in [-0.2, 0) is 9.53 Å². The van der Waals surface area contributed by atoms with Crippen molar-refractivity contribution in [2.24, 2.45) is 5.41 Å². The third kappa shape index (κ3) is 4.21. The smallest absolute Gasteiger partial charge is 0.339 e. The van der Waals surface area contributed by atoms with Crippen LogP contribution in [0.5, 0.6) is 0 Å². The summed E-state index contributed by atoms with van der Waals surface area (Å²) < 4.78 is 7.85. The molecule has 0 radical (unpaired) electrons. The van der Waals surface area contributed by atoms with E-state index in [4.69, 9.17) is 9.72 Å². The van der Waals surface area contributed by atoms with E-state index in [2.05, 4.69) is 34.7 Å². The molecule has 164 valence electrons. The number of pyridine rings is 1. The van der Waals surface area contributed by atoms with E-state index in [-0.39, 0.29) is 5.41 Å². The summed E-state index contributed by atoms with van der Waals surface area (Å²) in [5, 5.41) is 10.9. The van der Waals surface area contributed by atoms with E-state index in [0.29, 0.717) is 5.56 Å². The fourth-order valence-corrected chi connectivity index (χ4v) is 4.64. The number of benzene rings is 1. The van der Waals surface area contributed by atoms with E-state index in [1.807, 2.05) is 47.9 Å². The lowest BCUT2D eigenvalue weighted by Crippen LogP contribution is -2.39. The fourth-order valence-electron chi connectivity index (χ4n) is 4.24. The SMILES string of the molecule is COC(=O)C(O)c1c(C)cc2nc(-c3cccc(Br)c3)cn2c1N1CCC(C)(C)CC1. The summed E-state index contributed by atoms with van der Waals surface area (Å²) in [6.45, 7) is 8.16. The van der Waals surface area contributed by atoms with E-state index >= 15 is 0 Å². The lowest BCUT2D eigenvalue weighted by Gasteiger charge is -2.39. The zero-order chi connectivity index (χ0) is 22.3. The normalized spacial score (nSPS) is 17.0. The van der Waals surface area contributed by atoms with Gasteiger partial charge in [0.1, 0.15) is 11.5 Å². The molecular weight excluding hydrogens is 458 g/mol. The maximum Gasteiger partial charge on any atom is 0.339 e. The van der Waals surface area contributed by atoms with E-state index in [1.165, 1.54) is 7.11 Å². The molecule has 1 N–H and O–H groups in total. The number of rotatable bonds is 4. The molecule has 1 fully saturated rings. The first-order chi connectivity index (χ1) is 14.7. The van der Waals surface area contributed by atoms with Gasteiger partial charge in [-0.25, -0.2) is 9.78 Å². The average Bonchev–Trinajstić information content (AvgIpc) is 3.15. The van der Waals surface area contributed by atoms with Crippen molar-refractivity contribution in [2.75, 3.05) is 25.1 Å². The van der Waals surface area contributed by atoms with Gasteiger partial charge in [-0.15, -0.1) is 0 Å². The number of aliphatic hydroxyl groups excluding tert-OH is 1. The van der Waals surface area contributed by atoms with Crippen LogP contribution in [0.4, 0.5) is 5.82 Å². The second kappa shape index (κ2) is 8.28. The summed E-state index contributed by atoms with van der Waals surface area (Å²) in [5.74, 6) is 0.158. The van der Waals surface area contributed by atoms with Gasteiger partial charge in [-0.3, -0.25) is 4.40 Å². The maximum atomic E-state index is 12.3. The number of methoxy groups -OCH3 is 1. The molecule has 1 atom stereocenters. The Hall–Kier alpha value is -2.38. The number of esters is 1. The molecule has 4 rings (SSSR count). The van der Waals surface area contributed by atoms with Gasteiger partial charge in [0.25, 0.3) is 0 Å². The number of aryl methyl sites for hydroxylation is 1. The van der Waals surface area contributed by atoms with Crippen molar-refractivity contribution in [1.29, 1.82) is 0 Å². The van der Waals surface area contributed by atoms with E-state index in [9.17, 15) is 9.90 Å². The highest BCUT2D eigenvalue weighted by atomic mass is 79.9. The molecule has 1 aromatic carbocycles. The van der Waals surface area contributed by atoms with Crippen LogP contribution in [0.25, 0.3) is 16.9 Å². The molecule has 1 saturated heterocycles. The van der Waals surface area contributed by atoms with E-state index in [1.54, 1.807) is 0 Å². The number of aliphatic hydroxyl groups is 1. The number of imidazole rings is 1. The van der Waals surface area contributed by atoms with Gasteiger partial charge < -0.3 is 14.7 Å². The number of piperidine rings is 1. The lowest BCUT2D eigenvalue weighted by atomic mass is 9.82. The predicted octanol–water partition coefficient (Wildman–Crippen LogP) is 4.91. The van der Waals surface area contributed by atoms with Crippen molar-refractivity contribution in [2.45, 2.75) is 39.7 Å². The third-order valence-corrected chi connectivity index (χ3v) is 6.70. The first-order valence-corrected chi connectivity index (χ1v) is 11.3. The average molecular weight is 486 g/mol. The monoisotopic (exact) mass is 485 g/mol. The Morgan fingerprint density at radius 2 is 1.97 bits per heavy atom. The van der Waals surface area contributed by atoms with Crippen molar-refractivity contribution < 1.29 is 14.6 Å². The Kier molecular flexibility index (Phi) is 5.83. The molecule has 1 aliphatic rings. The first-order valence-electron chi connectivity index (χ1n) is 10.5. The van der Waals surface area contributed by atoms with Crippen LogP contribution in [0.1, 0.15) is 43.9 Å². The largest absolute Gasteiger partial charge is 0.467 e. The Bertz CT molecular complexity index is 1130. The fraction of sp³-hybridized carbons (Fsp3) is 0.417. The molecule has 0 amide bonds. The number of aromatic nitrogens is 2. The molecule has 0 bridgehead atoms. The molecular formula is C24H28BrN3O3. The second-order valence-electron chi connectivity index (χ2n) is 9.01. The minimum atomic E-state index is -1.35. The lowest BCUT2D eigenvalue weighted by molar-refractivity contribution is -0.150. The van der Waals surface area contributed by atoms with E-state index in [0.717, 1.165) is 58.7 Å². The molecule has 2 aromatic heterocycles. The van der Waals surface area contributed by atoms with Crippen LogP contribution in [0.2, 0.25) is 0 Å². The van der Waals surface area contributed by atoms with Gasteiger partial charge in [0, 0.05) is 34.9 Å². The number of nitrogens with zero attached hydrogens (tertiary/aromatic N) is 3. The van der Waals surface area contributed by atoms with Crippen LogP contribution in [0.3, 0.4) is 0 Å². The molecule has 0 aliphatic carbocycles. The topological polar surface area (TPSA) is 67.1 Å². The molecule has 1 unspecified atom stereocenters. The maximum absolute atomic E-state index is 12.3. The number of carbonyl (C=O) groups is 1. The molecule has 31 heavy (non-hydrogen) atoms. The second-order valence-corrected chi connectivity index (χ2v) is 9.92. The van der Waals surface area contributed by atoms with Gasteiger partial charge in [-0.2, -0.15) is 0 Å². The van der Waals surface area contributed by atoms with Crippen molar-refractivity contribution in [3.8, 4) is 11.3 Å². The summed E-state index contributed by atoms with van der Waals surface area (Å²) in [6, 6.07) is 9.93. The Labute approximate surface area is 191 Å². The van der Waals surface area contributed by atoms with Crippen LogP contribution in [-0.4, -0.2) is 40.7 Å². The number of ether oxygens (including phenoxy) is 1. The molecule has 0 spiro atoms. The van der Waals surface area contributed by atoms with Crippen LogP contribution in [0.15, 0.2) is 41.0 Å². The van der Waals surface area contributed by atoms with Crippen LogP contribution < -0.4 is 4.90 Å². The molecule has 3 heterocycles. The predicted molar refractivity (Wildman–Crippen MR) is 125 cm³/mol. The Morgan fingerprint density at radius 1 is 1.26 bits per heavy atom. The van der Waals surface area contributed by atoms with Gasteiger partial charge >= 0.3 is 5.97 Å².